The summed E-state index contributed by atoms with van der Waals surface area (Å²) in [5.74, 6) is -1.60. The van der Waals surface area contributed by atoms with Gasteiger partial charge in [0.25, 0.3) is 0 Å². The van der Waals surface area contributed by atoms with E-state index in [1.54, 1.807) is 24.3 Å². The number of carbonyl (C=O) groups is 2. The number of carbonyl (C=O) groups excluding carboxylic acids is 1. The maximum atomic E-state index is 13.6. The molecule has 4 aromatic rings. The molecule has 0 unspecified atom stereocenters. The van der Waals surface area contributed by atoms with Crippen molar-refractivity contribution in [1.82, 2.24) is 4.57 Å². The zero-order valence-electron chi connectivity index (χ0n) is 16.9. The van der Waals surface area contributed by atoms with E-state index in [0.29, 0.717) is 35.1 Å². The van der Waals surface area contributed by atoms with Crippen LogP contribution in [0.1, 0.15) is 21.5 Å². The highest BCUT2D eigenvalue weighted by Gasteiger charge is 2.20. The number of ether oxygens (including phenoxy) is 1. The third kappa shape index (κ3) is 3.94. The Bertz CT molecular complexity index is 1330. The topological polar surface area (TPSA) is 94.6 Å². The van der Waals surface area contributed by atoms with Gasteiger partial charge in [0.15, 0.2) is 6.61 Å². The van der Waals surface area contributed by atoms with Gasteiger partial charge >= 0.3 is 5.97 Å². The van der Waals surface area contributed by atoms with E-state index in [4.69, 9.17) is 15.6 Å². The van der Waals surface area contributed by atoms with Gasteiger partial charge in [-0.2, -0.15) is 0 Å². The predicted octanol–water partition coefficient (Wildman–Crippen LogP) is 4.05. The quantitative estimate of drug-likeness (QED) is 0.472. The van der Waals surface area contributed by atoms with Crippen molar-refractivity contribution < 1.29 is 23.8 Å². The molecule has 0 atom stereocenters. The lowest BCUT2D eigenvalue weighted by molar-refractivity contribution is -0.139. The lowest BCUT2D eigenvalue weighted by Gasteiger charge is -2.10. The van der Waals surface area contributed by atoms with E-state index in [0.717, 1.165) is 22.2 Å². The van der Waals surface area contributed by atoms with Gasteiger partial charge in [0.2, 0.25) is 5.91 Å². The highest BCUT2D eigenvalue weighted by Crippen LogP contribution is 2.38. The van der Waals surface area contributed by atoms with Gasteiger partial charge in [-0.05, 0) is 60.9 Å². The van der Waals surface area contributed by atoms with Gasteiger partial charge in [-0.3, -0.25) is 4.79 Å². The first-order valence-electron chi connectivity index (χ1n) is 9.79. The number of benzene rings is 3. The van der Waals surface area contributed by atoms with Gasteiger partial charge in [-0.1, -0.05) is 18.2 Å². The first kappa shape index (κ1) is 20.4. The number of carboxylic acid groups (broad SMARTS) is 1. The average Bonchev–Trinajstić information content (AvgIpc) is 3.03. The largest absolute Gasteiger partial charge is 0.481 e. The standard InChI is InChI=1S/C24H21FN2O4/c1-14-10-19-23(20(11-14)31-13-21(28)29)22-17(24(26)30)6-3-7-18(22)27(19)9-8-15-4-2-5-16(25)12-15/h2-7,10-12H,8-9,13H2,1H3,(H2,26,30)(H,28,29). The van der Waals surface area contributed by atoms with E-state index in [9.17, 15) is 14.0 Å². The highest BCUT2D eigenvalue weighted by atomic mass is 19.1. The molecule has 3 N–H and O–H groups in total. The van der Waals surface area contributed by atoms with Gasteiger partial charge in [0, 0.05) is 17.5 Å². The molecule has 6 nitrogen and oxygen atoms in total. The second kappa shape index (κ2) is 8.10. The number of aliphatic carboxylic acids is 1. The monoisotopic (exact) mass is 420 g/mol. The number of aromatic nitrogens is 1. The van der Waals surface area contributed by atoms with Crippen molar-refractivity contribution in [3.05, 3.63) is 77.1 Å². The molecule has 4 rings (SSSR count). The fourth-order valence-electron chi connectivity index (χ4n) is 3.99. The van der Waals surface area contributed by atoms with E-state index in [2.05, 4.69) is 0 Å². The first-order valence-corrected chi connectivity index (χ1v) is 9.79. The molecule has 7 heteroatoms. The number of nitrogens with two attached hydrogens (primary N) is 1. The predicted molar refractivity (Wildman–Crippen MR) is 116 cm³/mol. The van der Waals surface area contributed by atoms with Crippen molar-refractivity contribution >= 4 is 33.7 Å². The number of amides is 1. The molecule has 158 valence electrons. The molecule has 0 spiro atoms. The number of aryl methyl sites for hydroxylation is 3. The van der Waals surface area contributed by atoms with Crippen molar-refractivity contribution in [3.8, 4) is 5.75 Å². The van der Waals surface area contributed by atoms with Crippen LogP contribution in [0.15, 0.2) is 54.6 Å². The molecule has 0 bridgehead atoms. The summed E-state index contributed by atoms with van der Waals surface area (Å²) in [6, 6.07) is 15.4. The summed E-state index contributed by atoms with van der Waals surface area (Å²) < 4.78 is 21.2. The van der Waals surface area contributed by atoms with Crippen molar-refractivity contribution in [2.45, 2.75) is 19.9 Å². The van der Waals surface area contributed by atoms with Crippen LogP contribution in [0.25, 0.3) is 21.8 Å². The zero-order valence-corrected chi connectivity index (χ0v) is 16.9. The Balaban J connectivity index is 1.94. The van der Waals surface area contributed by atoms with Crippen molar-refractivity contribution in [3.63, 3.8) is 0 Å². The molecule has 0 aliphatic carbocycles. The molecule has 0 aliphatic heterocycles. The summed E-state index contributed by atoms with van der Waals surface area (Å²) in [4.78, 5) is 23.3. The second-order valence-electron chi connectivity index (χ2n) is 7.44. The summed E-state index contributed by atoms with van der Waals surface area (Å²) in [5.41, 5.74) is 9.25. The Kier molecular flexibility index (Phi) is 5.33. The van der Waals surface area contributed by atoms with Crippen LogP contribution in [0.4, 0.5) is 4.39 Å². The summed E-state index contributed by atoms with van der Waals surface area (Å²) >= 11 is 0. The number of fused-ring (bicyclic) bond motifs is 3. The van der Waals surface area contributed by atoms with Gasteiger partial charge in [0.1, 0.15) is 11.6 Å². The molecular formula is C24H21FN2O4. The molecule has 31 heavy (non-hydrogen) atoms. The molecule has 3 aromatic carbocycles. The summed E-state index contributed by atoms with van der Waals surface area (Å²) in [7, 11) is 0. The van der Waals surface area contributed by atoms with Crippen LogP contribution >= 0.6 is 0 Å². The Hall–Kier alpha value is -3.87. The van der Waals surface area contributed by atoms with E-state index in [1.807, 2.05) is 29.7 Å². The molecule has 0 fully saturated rings. The van der Waals surface area contributed by atoms with Crippen LogP contribution in [-0.4, -0.2) is 28.2 Å². The normalized spacial score (nSPS) is 11.2. The molecule has 0 radical (unpaired) electrons. The van der Waals surface area contributed by atoms with Gasteiger partial charge in [-0.15, -0.1) is 0 Å². The van der Waals surface area contributed by atoms with Crippen molar-refractivity contribution in [2.75, 3.05) is 6.61 Å². The average molecular weight is 420 g/mol. The number of hydrogen-bond acceptors (Lipinski definition) is 3. The van der Waals surface area contributed by atoms with Crippen molar-refractivity contribution in [2.24, 2.45) is 5.73 Å². The first-order chi connectivity index (χ1) is 14.8. The fourth-order valence-corrected chi connectivity index (χ4v) is 3.99. The van der Waals surface area contributed by atoms with Crippen LogP contribution in [0.5, 0.6) is 5.75 Å². The van der Waals surface area contributed by atoms with Crippen LogP contribution in [0.2, 0.25) is 0 Å². The van der Waals surface area contributed by atoms with Crippen LogP contribution in [-0.2, 0) is 17.8 Å². The van der Waals surface area contributed by atoms with E-state index in [-0.39, 0.29) is 5.82 Å². The Morgan fingerprint density at radius 3 is 2.55 bits per heavy atom. The maximum absolute atomic E-state index is 13.6. The second-order valence-corrected chi connectivity index (χ2v) is 7.44. The third-order valence-corrected chi connectivity index (χ3v) is 5.23. The maximum Gasteiger partial charge on any atom is 0.341 e. The number of halogens is 1. The number of carboxylic acids is 1. The summed E-state index contributed by atoms with van der Waals surface area (Å²) in [6.07, 6.45) is 0.566. The smallest absolute Gasteiger partial charge is 0.341 e. The summed E-state index contributed by atoms with van der Waals surface area (Å²) in [5, 5.41) is 10.3. The summed E-state index contributed by atoms with van der Waals surface area (Å²) in [6.45, 7) is 1.90. The van der Waals surface area contributed by atoms with E-state index < -0.39 is 18.5 Å². The molecular weight excluding hydrogens is 399 g/mol. The van der Waals surface area contributed by atoms with Crippen LogP contribution in [0.3, 0.4) is 0 Å². The molecule has 1 amide bonds. The number of nitrogens with zero attached hydrogens (tertiary/aromatic N) is 1. The zero-order chi connectivity index (χ0) is 22.1. The highest BCUT2D eigenvalue weighted by molar-refractivity contribution is 6.19. The van der Waals surface area contributed by atoms with Crippen molar-refractivity contribution in [1.29, 1.82) is 0 Å². The lowest BCUT2D eigenvalue weighted by atomic mass is 10.0. The molecule has 0 saturated heterocycles. The minimum Gasteiger partial charge on any atom is -0.481 e. The number of primary amides is 1. The SMILES string of the molecule is Cc1cc(OCC(=O)O)c2c3c(C(N)=O)cccc3n(CCc3cccc(F)c3)c2c1. The molecule has 0 aliphatic rings. The number of hydrogen-bond donors (Lipinski definition) is 2. The third-order valence-electron chi connectivity index (χ3n) is 5.23. The number of rotatable bonds is 7. The van der Waals surface area contributed by atoms with E-state index in [1.165, 1.54) is 12.1 Å². The minimum absolute atomic E-state index is 0.295. The van der Waals surface area contributed by atoms with Gasteiger partial charge in [-0.25, -0.2) is 9.18 Å². The minimum atomic E-state index is -1.10. The Labute approximate surface area is 177 Å². The van der Waals surface area contributed by atoms with Gasteiger partial charge in [0.05, 0.1) is 16.4 Å². The van der Waals surface area contributed by atoms with Crippen LogP contribution < -0.4 is 10.5 Å². The Morgan fingerprint density at radius 1 is 1.06 bits per heavy atom. The van der Waals surface area contributed by atoms with E-state index >= 15 is 0 Å². The molecule has 1 aromatic heterocycles. The fraction of sp³-hybridized carbons (Fsp3) is 0.167. The van der Waals surface area contributed by atoms with Gasteiger partial charge < -0.3 is 20.1 Å². The molecule has 1 heterocycles. The Morgan fingerprint density at radius 2 is 1.84 bits per heavy atom. The van der Waals surface area contributed by atoms with Crippen LogP contribution in [0, 0.1) is 12.7 Å². The lowest BCUT2D eigenvalue weighted by Crippen LogP contribution is -2.11. The molecule has 0 saturated carbocycles.